The molecule has 3 N–H and O–H groups in total. The summed E-state index contributed by atoms with van der Waals surface area (Å²) in [4.78, 5) is 22.7. The van der Waals surface area contributed by atoms with E-state index in [9.17, 15) is 9.59 Å². The Labute approximate surface area is 98.8 Å². The zero-order valence-electron chi connectivity index (χ0n) is 9.70. The molecule has 1 aromatic carbocycles. The van der Waals surface area contributed by atoms with Gasteiger partial charge in [0.15, 0.2) is 0 Å². The van der Waals surface area contributed by atoms with E-state index in [1.54, 1.807) is 6.07 Å². The van der Waals surface area contributed by atoms with Gasteiger partial charge in [-0.3, -0.25) is 4.79 Å². The summed E-state index contributed by atoms with van der Waals surface area (Å²) in [7, 11) is 0. The molecular formula is C12H14N2O3. The number of carboxylic acids is 1. The van der Waals surface area contributed by atoms with Crippen LogP contribution in [-0.4, -0.2) is 23.5 Å². The number of hydrogen-bond donors (Lipinski definition) is 3. The second-order valence-corrected chi connectivity index (χ2v) is 4.76. The molecule has 5 heteroatoms. The van der Waals surface area contributed by atoms with Crippen molar-refractivity contribution in [2.24, 2.45) is 5.41 Å². The Morgan fingerprint density at radius 2 is 2.06 bits per heavy atom. The van der Waals surface area contributed by atoms with Gasteiger partial charge < -0.3 is 15.7 Å². The predicted octanol–water partition coefficient (Wildman–Crippen LogP) is 1.77. The van der Waals surface area contributed by atoms with Crippen LogP contribution in [0.1, 0.15) is 24.2 Å². The normalized spacial score (nSPS) is 17.4. The number of carbonyl (C=O) groups excluding carboxylic acids is 1. The van der Waals surface area contributed by atoms with Gasteiger partial charge in [-0.05, 0) is 32.0 Å². The lowest BCUT2D eigenvalue weighted by molar-refractivity contribution is -0.123. The van der Waals surface area contributed by atoms with Gasteiger partial charge in [-0.1, -0.05) is 0 Å². The van der Waals surface area contributed by atoms with Crippen LogP contribution < -0.4 is 10.6 Å². The molecular weight excluding hydrogens is 220 g/mol. The minimum atomic E-state index is -0.982. The molecule has 5 nitrogen and oxygen atoms in total. The minimum absolute atomic E-state index is 0.0770. The molecule has 0 saturated carbocycles. The molecule has 0 bridgehead atoms. The van der Waals surface area contributed by atoms with Gasteiger partial charge in [-0.25, -0.2) is 4.79 Å². The summed E-state index contributed by atoms with van der Waals surface area (Å²) in [6.45, 7) is 4.13. The highest BCUT2D eigenvalue weighted by Gasteiger charge is 2.30. The van der Waals surface area contributed by atoms with Gasteiger partial charge in [0.2, 0.25) is 5.91 Å². The molecule has 0 saturated heterocycles. The highest BCUT2D eigenvalue weighted by molar-refractivity contribution is 6.00. The first-order chi connectivity index (χ1) is 7.90. The first-order valence-electron chi connectivity index (χ1n) is 5.33. The summed E-state index contributed by atoms with van der Waals surface area (Å²) in [6, 6.07) is 4.60. The van der Waals surface area contributed by atoms with Crippen LogP contribution >= 0.6 is 0 Å². The maximum Gasteiger partial charge on any atom is 0.335 e. The fourth-order valence-electron chi connectivity index (χ4n) is 1.62. The Kier molecular flexibility index (Phi) is 2.53. The number of rotatable bonds is 1. The smallest absolute Gasteiger partial charge is 0.335 e. The molecule has 1 aliphatic rings. The number of nitrogens with one attached hydrogen (secondary N) is 2. The first kappa shape index (κ1) is 11.4. The lowest BCUT2D eigenvalue weighted by Gasteiger charge is -2.19. The molecule has 0 spiro atoms. The monoisotopic (exact) mass is 234 g/mol. The van der Waals surface area contributed by atoms with Crippen molar-refractivity contribution in [1.82, 2.24) is 0 Å². The topological polar surface area (TPSA) is 78.4 Å². The second kappa shape index (κ2) is 3.76. The average molecular weight is 234 g/mol. The number of amides is 1. The van der Waals surface area contributed by atoms with Crippen molar-refractivity contribution in [2.45, 2.75) is 13.8 Å². The minimum Gasteiger partial charge on any atom is -0.478 e. The van der Waals surface area contributed by atoms with Crippen molar-refractivity contribution in [3.63, 3.8) is 0 Å². The summed E-state index contributed by atoms with van der Waals surface area (Å²) in [6.07, 6.45) is 0. The van der Waals surface area contributed by atoms with E-state index in [4.69, 9.17) is 5.11 Å². The molecule has 1 aromatic rings. The lowest BCUT2D eigenvalue weighted by Crippen LogP contribution is -2.34. The Hall–Kier alpha value is -2.04. The lowest BCUT2D eigenvalue weighted by atomic mass is 9.93. The third kappa shape index (κ3) is 2.08. The Morgan fingerprint density at radius 1 is 1.35 bits per heavy atom. The van der Waals surface area contributed by atoms with Crippen LogP contribution in [0.2, 0.25) is 0 Å². The van der Waals surface area contributed by atoms with Gasteiger partial charge in [0.05, 0.1) is 22.4 Å². The van der Waals surface area contributed by atoms with Gasteiger partial charge in [0.25, 0.3) is 0 Å². The maximum atomic E-state index is 11.8. The van der Waals surface area contributed by atoms with Crippen molar-refractivity contribution >= 4 is 23.3 Å². The van der Waals surface area contributed by atoms with Crippen LogP contribution in [0, 0.1) is 5.41 Å². The fourth-order valence-corrected chi connectivity index (χ4v) is 1.62. The van der Waals surface area contributed by atoms with Crippen molar-refractivity contribution in [3.05, 3.63) is 23.8 Å². The van der Waals surface area contributed by atoms with Crippen LogP contribution in [0.3, 0.4) is 0 Å². The highest BCUT2D eigenvalue weighted by atomic mass is 16.4. The second-order valence-electron chi connectivity index (χ2n) is 4.76. The summed E-state index contributed by atoms with van der Waals surface area (Å²) >= 11 is 0. The van der Waals surface area contributed by atoms with Gasteiger partial charge >= 0.3 is 5.97 Å². The standard InChI is InChI=1S/C12H14N2O3/c1-12(2)6-13-9-5-7(10(15)16)3-4-8(9)14-11(12)17/h3-5,13H,6H2,1-2H3,(H,14,17)(H,15,16). The number of anilines is 2. The quantitative estimate of drug-likeness (QED) is 0.692. The third-order valence-corrected chi connectivity index (χ3v) is 2.85. The van der Waals surface area contributed by atoms with Crippen LogP contribution in [0.5, 0.6) is 0 Å². The van der Waals surface area contributed by atoms with E-state index in [1.807, 2.05) is 13.8 Å². The van der Waals surface area contributed by atoms with E-state index in [1.165, 1.54) is 12.1 Å². The van der Waals surface area contributed by atoms with Gasteiger partial charge in [0, 0.05) is 6.54 Å². The average Bonchev–Trinajstić information content (AvgIpc) is 2.37. The molecule has 0 unspecified atom stereocenters. The molecule has 1 heterocycles. The van der Waals surface area contributed by atoms with E-state index < -0.39 is 11.4 Å². The van der Waals surface area contributed by atoms with Crippen molar-refractivity contribution < 1.29 is 14.7 Å². The number of carboxylic acid groups (broad SMARTS) is 1. The van der Waals surface area contributed by atoms with E-state index in [2.05, 4.69) is 10.6 Å². The van der Waals surface area contributed by atoms with Gasteiger partial charge in [-0.15, -0.1) is 0 Å². The largest absolute Gasteiger partial charge is 0.478 e. The molecule has 0 atom stereocenters. The van der Waals surface area contributed by atoms with E-state index in [0.29, 0.717) is 17.9 Å². The summed E-state index contributed by atoms with van der Waals surface area (Å²) in [5, 5.41) is 14.8. The SMILES string of the molecule is CC1(C)CNc2cc(C(=O)O)ccc2NC1=O. The van der Waals surface area contributed by atoms with Crippen molar-refractivity contribution in [2.75, 3.05) is 17.2 Å². The third-order valence-electron chi connectivity index (χ3n) is 2.85. The summed E-state index contributed by atoms with van der Waals surface area (Å²) in [5.41, 5.74) is 0.933. The van der Waals surface area contributed by atoms with Gasteiger partial charge in [-0.2, -0.15) is 0 Å². The van der Waals surface area contributed by atoms with Crippen LogP contribution in [-0.2, 0) is 4.79 Å². The molecule has 0 aromatic heterocycles. The molecule has 0 fully saturated rings. The van der Waals surface area contributed by atoms with Crippen molar-refractivity contribution in [1.29, 1.82) is 0 Å². The molecule has 2 rings (SSSR count). The summed E-state index contributed by atoms with van der Waals surface area (Å²) in [5.74, 6) is -1.06. The molecule has 0 aliphatic carbocycles. The number of hydrogen-bond acceptors (Lipinski definition) is 3. The van der Waals surface area contributed by atoms with E-state index in [0.717, 1.165) is 0 Å². The highest BCUT2D eigenvalue weighted by Crippen LogP contribution is 2.30. The Balaban J connectivity index is 2.40. The zero-order valence-corrected chi connectivity index (χ0v) is 9.70. The van der Waals surface area contributed by atoms with Gasteiger partial charge in [0.1, 0.15) is 0 Å². The summed E-state index contributed by atoms with van der Waals surface area (Å²) < 4.78 is 0. The van der Waals surface area contributed by atoms with Crippen LogP contribution in [0.15, 0.2) is 18.2 Å². The van der Waals surface area contributed by atoms with E-state index >= 15 is 0 Å². The fraction of sp³-hybridized carbons (Fsp3) is 0.333. The van der Waals surface area contributed by atoms with Crippen LogP contribution in [0.4, 0.5) is 11.4 Å². The number of carbonyl (C=O) groups is 2. The molecule has 17 heavy (non-hydrogen) atoms. The van der Waals surface area contributed by atoms with Crippen LogP contribution in [0.25, 0.3) is 0 Å². The maximum absolute atomic E-state index is 11.8. The first-order valence-corrected chi connectivity index (χ1v) is 5.33. The molecule has 1 amide bonds. The number of benzene rings is 1. The zero-order chi connectivity index (χ0) is 12.6. The van der Waals surface area contributed by atoms with Crippen molar-refractivity contribution in [3.8, 4) is 0 Å². The number of fused-ring (bicyclic) bond motifs is 1. The Bertz CT molecular complexity index is 495. The molecule has 0 radical (unpaired) electrons. The molecule has 1 aliphatic heterocycles. The van der Waals surface area contributed by atoms with E-state index in [-0.39, 0.29) is 11.5 Å². The Morgan fingerprint density at radius 3 is 2.71 bits per heavy atom. The predicted molar refractivity (Wildman–Crippen MR) is 64.3 cm³/mol. The number of aromatic carboxylic acids is 1. The molecule has 90 valence electrons.